The largest absolute Gasteiger partial charge is 0.387 e. The molecule has 1 saturated carbocycles. The van der Waals surface area contributed by atoms with Gasteiger partial charge in [0.2, 0.25) is 0 Å². The van der Waals surface area contributed by atoms with Gasteiger partial charge in [0.05, 0.1) is 12.2 Å². The Labute approximate surface area is 107 Å². The molecule has 100 valence electrons. The van der Waals surface area contributed by atoms with Crippen LogP contribution in [-0.4, -0.2) is 30.9 Å². The van der Waals surface area contributed by atoms with Crippen LogP contribution in [0.5, 0.6) is 0 Å². The highest BCUT2D eigenvalue weighted by molar-refractivity contribution is 5.18. The molecule has 3 nitrogen and oxygen atoms in total. The van der Waals surface area contributed by atoms with Crippen LogP contribution >= 0.6 is 0 Å². The zero-order valence-electron chi connectivity index (χ0n) is 10.6. The minimum Gasteiger partial charge on any atom is -0.387 e. The lowest BCUT2D eigenvalue weighted by Crippen LogP contribution is -2.39. The average Bonchev–Trinajstić information content (AvgIpc) is 2.84. The Morgan fingerprint density at radius 1 is 1.39 bits per heavy atom. The lowest BCUT2D eigenvalue weighted by Gasteiger charge is -2.21. The third-order valence-corrected chi connectivity index (χ3v) is 3.58. The van der Waals surface area contributed by atoms with Gasteiger partial charge in [-0.3, -0.25) is 0 Å². The third kappa shape index (κ3) is 3.28. The molecule has 1 aliphatic rings. The maximum atomic E-state index is 12.8. The first-order valence-electron chi connectivity index (χ1n) is 6.40. The molecular weight excluding hydrogens is 233 g/mol. The van der Waals surface area contributed by atoms with E-state index in [-0.39, 0.29) is 11.9 Å². The quantitative estimate of drug-likeness (QED) is 0.843. The second-order valence-electron chi connectivity index (χ2n) is 4.79. The summed E-state index contributed by atoms with van der Waals surface area (Å²) < 4.78 is 18.1. The van der Waals surface area contributed by atoms with Gasteiger partial charge in [0.25, 0.3) is 0 Å². The van der Waals surface area contributed by atoms with Crippen LogP contribution in [0.2, 0.25) is 0 Å². The summed E-state index contributed by atoms with van der Waals surface area (Å²) >= 11 is 0. The maximum Gasteiger partial charge on any atom is 0.123 e. The standard InChI is InChI=1S/C14H20FNO2/c1-18-14-4-2-3-12(14)16-9-13(17)10-5-7-11(15)8-6-10/h5-8,12-14,16-17H,2-4,9H2,1H3. The van der Waals surface area contributed by atoms with Gasteiger partial charge >= 0.3 is 0 Å². The molecule has 1 aromatic carbocycles. The number of halogens is 1. The van der Waals surface area contributed by atoms with Crippen LogP contribution in [0, 0.1) is 5.82 Å². The number of hydrogen-bond donors (Lipinski definition) is 2. The van der Waals surface area contributed by atoms with Crippen molar-refractivity contribution >= 4 is 0 Å². The minimum absolute atomic E-state index is 0.241. The van der Waals surface area contributed by atoms with Crippen molar-refractivity contribution in [1.82, 2.24) is 5.32 Å². The summed E-state index contributed by atoms with van der Waals surface area (Å²) in [5.41, 5.74) is 0.732. The summed E-state index contributed by atoms with van der Waals surface area (Å²) in [6.07, 6.45) is 2.94. The zero-order chi connectivity index (χ0) is 13.0. The highest BCUT2D eigenvalue weighted by atomic mass is 19.1. The number of nitrogens with one attached hydrogen (secondary N) is 1. The van der Waals surface area contributed by atoms with Gasteiger partial charge in [-0.25, -0.2) is 4.39 Å². The molecule has 0 spiro atoms. The molecule has 0 radical (unpaired) electrons. The normalized spacial score (nSPS) is 25.3. The minimum atomic E-state index is -0.608. The molecule has 4 heteroatoms. The molecule has 1 fully saturated rings. The fourth-order valence-electron chi connectivity index (χ4n) is 2.51. The van der Waals surface area contributed by atoms with E-state index in [1.54, 1.807) is 19.2 Å². The molecule has 0 saturated heterocycles. The number of rotatable bonds is 5. The average molecular weight is 253 g/mol. The van der Waals surface area contributed by atoms with Crippen molar-refractivity contribution in [3.05, 3.63) is 35.6 Å². The molecule has 2 rings (SSSR count). The number of hydrogen-bond acceptors (Lipinski definition) is 3. The van der Waals surface area contributed by atoms with Crippen LogP contribution in [0.1, 0.15) is 30.9 Å². The van der Waals surface area contributed by atoms with Crippen molar-refractivity contribution in [1.29, 1.82) is 0 Å². The topological polar surface area (TPSA) is 41.5 Å². The molecule has 18 heavy (non-hydrogen) atoms. The number of ether oxygens (including phenoxy) is 1. The van der Waals surface area contributed by atoms with Crippen LogP contribution in [0.15, 0.2) is 24.3 Å². The summed E-state index contributed by atoms with van der Waals surface area (Å²) in [4.78, 5) is 0. The Balaban J connectivity index is 1.84. The molecule has 0 bridgehead atoms. The van der Waals surface area contributed by atoms with Gasteiger partial charge in [-0.2, -0.15) is 0 Å². The SMILES string of the molecule is COC1CCCC1NCC(O)c1ccc(F)cc1. The Morgan fingerprint density at radius 2 is 2.11 bits per heavy atom. The second kappa shape index (κ2) is 6.27. The fraction of sp³-hybridized carbons (Fsp3) is 0.571. The first-order valence-corrected chi connectivity index (χ1v) is 6.40. The van der Waals surface area contributed by atoms with Gasteiger partial charge in [-0.05, 0) is 37.0 Å². The van der Waals surface area contributed by atoms with Gasteiger partial charge in [-0.1, -0.05) is 12.1 Å². The lowest BCUT2D eigenvalue weighted by atomic mass is 10.1. The van der Waals surface area contributed by atoms with Gasteiger partial charge in [0, 0.05) is 19.7 Å². The monoisotopic (exact) mass is 253 g/mol. The molecule has 0 aromatic heterocycles. The highest BCUT2D eigenvalue weighted by Crippen LogP contribution is 2.22. The lowest BCUT2D eigenvalue weighted by molar-refractivity contribution is 0.0780. The van der Waals surface area contributed by atoms with Crippen molar-refractivity contribution in [3.8, 4) is 0 Å². The molecule has 1 aromatic rings. The van der Waals surface area contributed by atoms with E-state index in [9.17, 15) is 9.50 Å². The van der Waals surface area contributed by atoms with E-state index in [0.29, 0.717) is 12.6 Å². The van der Waals surface area contributed by atoms with Crippen LogP contribution in [0.3, 0.4) is 0 Å². The van der Waals surface area contributed by atoms with Gasteiger partial charge < -0.3 is 15.2 Å². The Kier molecular flexibility index (Phi) is 4.69. The predicted molar refractivity (Wildman–Crippen MR) is 67.8 cm³/mol. The van der Waals surface area contributed by atoms with Crippen LogP contribution in [0.25, 0.3) is 0 Å². The smallest absolute Gasteiger partial charge is 0.123 e. The van der Waals surface area contributed by atoms with E-state index in [2.05, 4.69) is 5.32 Å². The van der Waals surface area contributed by atoms with Crippen molar-refractivity contribution in [2.24, 2.45) is 0 Å². The Morgan fingerprint density at radius 3 is 2.78 bits per heavy atom. The predicted octanol–water partition coefficient (Wildman–Crippen LogP) is 2.02. The highest BCUT2D eigenvalue weighted by Gasteiger charge is 2.27. The van der Waals surface area contributed by atoms with Crippen LogP contribution < -0.4 is 5.32 Å². The molecule has 3 atom stereocenters. The molecule has 1 aliphatic carbocycles. The van der Waals surface area contributed by atoms with Gasteiger partial charge in [0.15, 0.2) is 0 Å². The van der Waals surface area contributed by atoms with Gasteiger partial charge in [0.1, 0.15) is 5.82 Å². The molecule has 3 unspecified atom stereocenters. The summed E-state index contributed by atoms with van der Waals surface area (Å²) in [6, 6.07) is 6.27. The molecule has 0 amide bonds. The first-order chi connectivity index (χ1) is 8.70. The van der Waals surface area contributed by atoms with Crippen molar-refractivity contribution in [2.75, 3.05) is 13.7 Å². The fourth-order valence-corrected chi connectivity index (χ4v) is 2.51. The summed E-state index contributed by atoms with van der Waals surface area (Å²) in [5.74, 6) is -0.283. The van der Waals surface area contributed by atoms with E-state index in [0.717, 1.165) is 24.8 Å². The number of aliphatic hydroxyl groups excluding tert-OH is 1. The summed E-state index contributed by atoms with van der Waals surface area (Å²) in [6.45, 7) is 0.468. The van der Waals surface area contributed by atoms with Gasteiger partial charge in [-0.15, -0.1) is 0 Å². The summed E-state index contributed by atoms with van der Waals surface area (Å²) in [5, 5.41) is 13.3. The Hall–Kier alpha value is -0.970. The number of aliphatic hydroxyl groups is 1. The molecule has 2 N–H and O–H groups in total. The molecular formula is C14H20FNO2. The second-order valence-corrected chi connectivity index (χ2v) is 4.79. The molecule has 0 heterocycles. The summed E-state index contributed by atoms with van der Waals surface area (Å²) in [7, 11) is 1.72. The van der Waals surface area contributed by atoms with E-state index < -0.39 is 6.10 Å². The van der Waals surface area contributed by atoms with E-state index in [1.807, 2.05) is 0 Å². The van der Waals surface area contributed by atoms with E-state index >= 15 is 0 Å². The zero-order valence-corrected chi connectivity index (χ0v) is 10.6. The first kappa shape index (κ1) is 13.5. The number of methoxy groups -OCH3 is 1. The van der Waals surface area contributed by atoms with E-state index in [1.165, 1.54) is 12.1 Å². The van der Waals surface area contributed by atoms with Crippen molar-refractivity contribution < 1.29 is 14.2 Å². The van der Waals surface area contributed by atoms with Crippen molar-refractivity contribution in [2.45, 2.75) is 37.5 Å². The number of benzene rings is 1. The van der Waals surface area contributed by atoms with E-state index in [4.69, 9.17) is 4.74 Å². The maximum absolute atomic E-state index is 12.8. The molecule has 0 aliphatic heterocycles. The Bertz CT molecular complexity index is 369. The van der Waals surface area contributed by atoms with Crippen LogP contribution in [0.4, 0.5) is 4.39 Å². The van der Waals surface area contributed by atoms with Crippen molar-refractivity contribution in [3.63, 3.8) is 0 Å². The third-order valence-electron chi connectivity index (χ3n) is 3.58. The van der Waals surface area contributed by atoms with Crippen LogP contribution in [-0.2, 0) is 4.74 Å².